The molecule has 1 amide bonds. The van der Waals surface area contributed by atoms with Crippen LogP contribution in [0.5, 0.6) is 11.5 Å². The maximum Gasteiger partial charge on any atom is 0.237 e. The highest BCUT2D eigenvalue weighted by Crippen LogP contribution is 2.35. The van der Waals surface area contributed by atoms with Gasteiger partial charge in [-0.1, -0.05) is 11.8 Å². The van der Waals surface area contributed by atoms with E-state index in [0.29, 0.717) is 17.2 Å². The molecular formula is C16H13N3O3S2. The Morgan fingerprint density at radius 3 is 3.08 bits per heavy atom. The Hall–Kier alpha value is -2.32. The molecule has 122 valence electrons. The number of aromatic nitrogens is 2. The molecule has 3 heterocycles. The van der Waals surface area contributed by atoms with Gasteiger partial charge in [0.05, 0.1) is 5.25 Å². The standard InChI is InChI=1S/C16H13N3O3S2/c1-9(24-16-11-4-5-23-15(11)17-7-18-16)14(20)19-10-2-3-12-13(6-10)22-8-21-12/h2-7,9H,8H2,1H3,(H,19,20)/t9-/m0/s1. The summed E-state index contributed by atoms with van der Waals surface area (Å²) in [5.74, 6) is 1.24. The van der Waals surface area contributed by atoms with E-state index < -0.39 is 0 Å². The van der Waals surface area contributed by atoms with Crippen molar-refractivity contribution in [3.63, 3.8) is 0 Å². The van der Waals surface area contributed by atoms with Crippen molar-refractivity contribution in [3.8, 4) is 11.5 Å². The Morgan fingerprint density at radius 2 is 2.17 bits per heavy atom. The lowest BCUT2D eigenvalue weighted by molar-refractivity contribution is -0.115. The highest BCUT2D eigenvalue weighted by atomic mass is 32.2. The molecule has 3 aromatic rings. The first-order chi connectivity index (χ1) is 11.7. The summed E-state index contributed by atoms with van der Waals surface area (Å²) in [4.78, 5) is 21.9. The second-order valence-electron chi connectivity index (χ2n) is 5.14. The summed E-state index contributed by atoms with van der Waals surface area (Å²) in [5, 5.41) is 6.37. The number of carbonyl (C=O) groups is 1. The number of amides is 1. The number of ether oxygens (including phenoxy) is 2. The van der Waals surface area contributed by atoms with E-state index in [1.807, 2.05) is 18.4 Å². The lowest BCUT2D eigenvalue weighted by Crippen LogP contribution is -2.22. The molecule has 0 saturated carbocycles. The average Bonchev–Trinajstić information content (AvgIpc) is 3.23. The fourth-order valence-corrected chi connectivity index (χ4v) is 4.00. The maximum atomic E-state index is 12.4. The molecule has 1 atom stereocenters. The zero-order valence-corrected chi connectivity index (χ0v) is 14.3. The highest BCUT2D eigenvalue weighted by Gasteiger charge is 2.19. The first-order valence-electron chi connectivity index (χ1n) is 7.26. The monoisotopic (exact) mass is 359 g/mol. The third-order valence-electron chi connectivity index (χ3n) is 3.52. The number of carbonyl (C=O) groups excluding carboxylic acids is 1. The Bertz CT molecular complexity index is 912. The van der Waals surface area contributed by atoms with E-state index >= 15 is 0 Å². The van der Waals surface area contributed by atoms with Crippen molar-refractivity contribution in [2.24, 2.45) is 0 Å². The number of benzene rings is 1. The largest absolute Gasteiger partial charge is 0.454 e. The summed E-state index contributed by atoms with van der Waals surface area (Å²) in [7, 11) is 0. The van der Waals surface area contributed by atoms with Gasteiger partial charge in [-0.15, -0.1) is 11.3 Å². The van der Waals surface area contributed by atoms with E-state index in [4.69, 9.17) is 9.47 Å². The van der Waals surface area contributed by atoms with Crippen molar-refractivity contribution < 1.29 is 14.3 Å². The Labute approximate surface area is 146 Å². The predicted octanol–water partition coefficient (Wildman–Crippen LogP) is 3.54. The van der Waals surface area contributed by atoms with Gasteiger partial charge >= 0.3 is 0 Å². The number of thiophene rings is 1. The Kier molecular flexibility index (Phi) is 3.99. The highest BCUT2D eigenvalue weighted by molar-refractivity contribution is 8.00. The van der Waals surface area contributed by atoms with Crippen LogP contribution in [0.2, 0.25) is 0 Å². The second kappa shape index (κ2) is 6.29. The molecule has 0 unspecified atom stereocenters. The van der Waals surface area contributed by atoms with E-state index in [1.165, 1.54) is 18.1 Å². The molecule has 0 fully saturated rings. The molecule has 0 aliphatic carbocycles. The van der Waals surface area contributed by atoms with Crippen LogP contribution in [-0.4, -0.2) is 27.9 Å². The van der Waals surface area contributed by atoms with Gasteiger partial charge in [0.25, 0.3) is 0 Å². The second-order valence-corrected chi connectivity index (χ2v) is 7.36. The van der Waals surface area contributed by atoms with Gasteiger partial charge in [0, 0.05) is 17.1 Å². The molecule has 2 aromatic heterocycles. The van der Waals surface area contributed by atoms with E-state index in [-0.39, 0.29) is 18.0 Å². The van der Waals surface area contributed by atoms with Gasteiger partial charge in [-0.3, -0.25) is 4.79 Å². The SMILES string of the molecule is C[C@H](Sc1ncnc2sccc12)C(=O)Nc1ccc2c(c1)OCO2. The van der Waals surface area contributed by atoms with E-state index in [0.717, 1.165) is 15.2 Å². The molecule has 1 N–H and O–H groups in total. The van der Waals surface area contributed by atoms with Gasteiger partial charge in [-0.05, 0) is 30.5 Å². The van der Waals surface area contributed by atoms with Gasteiger partial charge < -0.3 is 14.8 Å². The van der Waals surface area contributed by atoms with Crippen LogP contribution in [0.25, 0.3) is 10.2 Å². The summed E-state index contributed by atoms with van der Waals surface area (Å²) in [6.45, 7) is 2.07. The van der Waals surface area contributed by atoms with Crippen LogP contribution in [0, 0.1) is 0 Å². The number of nitrogens with zero attached hydrogens (tertiary/aromatic N) is 2. The van der Waals surface area contributed by atoms with Crippen LogP contribution < -0.4 is 14.8 Å². The number of fused-ring (bicyclic) bond motifs is 2. The van der Waals surface area contributed by atoms with Crippen LogP contribution in [-0.2, 0) is 4.79 Å². The van der Waals surface area contributed by atoms with Crippen molar-refractivity contribution in [1.29, 1.82) is 0 Å². The molecule has 6 nitrogen and oxygen atoms in total. The van der Waals surface area contributed by atoms with E-state index in [2.05, 4.69) is 15.3 Å². The van der Waals surface area contributed by atoms with Gasteiger partial charge in [-0.2, -0.15) is 0 Å². The summed E-state index contributed by atoms with van der Waals surface area (Å²) in [5.41, 5.74) is 0.681. The molecule has 1 aromatic carbocycles. The molecule has 0 bridgehead atoms. The van der Waals surface area contributed by atoms with Crippen molar-refractivity contribution in [1.82, 2.24) is 9.97 Å². The van der Waals surface area contributed by atoms with Crippen molar-refractivity contribution in [2.75, 3.05) is 12.1 Å². The molecule has 0 saturated heterocycles. The number of hydrogen-bond acceptors (Lipinski definition) is 7. The molecular weight excluding hydrogens is 346 g/mol. The molecule has 1 aliphatic heterocycles. The van der Waals surface area contributed by atoms with Crippen LogP contribution >= 0.6 is 23.1 Å². The summed E-state index contributed by atoms with van der Waals surface area (Å²) >= 11 is 2.98. The minimum absolute atomic E-state index is 0.0964. The first kappa shape index (κ1) is 15.2. The van der Waals surface area contributed by atoms with E-state index in [1.54, 1.807) is 29.5 Å². The minimum Gasteiger partial charge on any atom is -0.454 e. The van der Waals surface area contributed by atoms with Gasteiger partial charge in [0.2, 0.25) is 12.7 Å². The predicted molar refractivity (Wildman–Crippen MR) is 93.9 cm³/mol. The summed E-state index contributed by atoms with van der Waals surface area (Å²) in [6.07, 6.45) is 1.53. The number of anilines is 1. The Morgan fingerprint density at radius 1 is 1.29 bits per heavy atom. The van der Waals surface area contributed by atoms with Gasteiger partial charge in [-0.25, -0.2) is 9.97 Å². The molecule has 0 spiro atoms. The smallest absolute Gasteiger partial charge is 0.237 e. The fourth-order valence-electron chi connectivity index (χ4n) is 2.30. The molecule has 0 radical (unpaired) electrons. The number of nitrogens with one attached hydrogen (secondary N) is 1. The number of rotatable bonds is 4. The minimum atomic E-state index is -0.298. The first-order valence-corrected chi connectivity index (χ1v) is 9.02. The molecule has 24 heavy (non-hydrogen) atoms. The molecule has 8 heteroatoms. The van der Waals surface area contributed by atoms with Crippen LogP contribution in [0.4, 0.5) is 5.69 Å². The lowest BCUT2D eigenvalue weighted by Gasteiger charge is -2.12. The third kappa shape index (κ3) is 2.90. The quantitative estimate of drug-likeness (QED) is 0.567. The number of hydrogen-bond donors (Lipinski definition) is 1. The van der Waals surface area contributed by atoms with E-state index in [9.17, 15) is 4.79 Å². The van der Waals surface area contributed by atoms with Crippen molar-refractivity contribution in [2.45, 2.75) is 17.2 Å². The normalized spacial score (nSPS) is 13.9. The van der Waals surface area contributed by atoms with Crippen LogP contribution in [0.3, 0.4) is 0 Å². The van der Waals surface area contributed by atoms with Crippen molar-refractivity contribution in [3.05, 3.63) is 36.0 Å². The maximum absolute atomic E-state index is 12.4. The van der Waals surface area contributed by atoms with Gasteiger partial charge in [0.15, 0.2) is 11.5 Å². The van der Waals surface area contributed by atoms with Gasteiger partial charge in [0.1, 0.15) is 16.2 Å². The lowest BCUT2D eigenvalue weighted by atomic mass is 10.2. The third-order valence-corrected chi connectivity index (χ3v) is 5.46. The Balaban J connectivity index is 1.47. The summed E-state index contributed by atoms with van der Waals surface area (Å²) in [6, 6.07) is 7.32. The zero-order chi connectivity index (χ0) is 16.5. The number of thioether (sulfide) groups is 1. The van der Waals surface area contributed by atoms with Crippen molar-refractivity contribution >= 4 is 44.9 Å². The topological polar surface area (TPSA) is 73.3 Å². The summed E-state index contributed by atoms with van der Waals surface area (Å²) < 4.78 is 10.6. The molecule has 1 aliphatic rings. The fraction of sp³-hybridized carbons (Fsp3) is 0.188. The van der Waals surface area contributed by atoms with Crippen LogP contribution in [0.1, 0.15) is 6.92 Å². The molecule has 4 rings (SSSR count). The zero-order valence-electron chi connectivity index (χ0n) is 12.7. The average molecular weight is 359 g/mol. The van der Waals surface area contributed by atoms with Crippen LogP contribution in [0.15, 0.2) is 41.0 Å².